The van der Waals surface area contributed by atoms with Gasteiger partial charge in [0, 0.05) is 13.1 Å². The fourth-order valence-corrected chi connectivity index (χ4v) is 4.80. The van der Waals surface area contributed by atoms with Crippen LogP contribution in [-0.2, 0) is 14.8 Å². The molecule has 2 aromatic carbocycles. The van der Waals surface area contributed by atoms with Crippen molar-refractivity contribution in [1.82, 2.24) is 4.31 Å². The Morgan fingerprint density at radius 1 is 1.11 bits per heavy atom. The highest BCUT2D eigenvalue weighted by Crippen LogP contribution is 2.25. The summed E-state index contributed by atoms with van der Waals surface area (Å²) in [5.41, 5.74) is 6.87. The lowest BCUT2D eigenvalue weighted by atomic mass is 9.98. The van der Waals surface area contributed by atoms with Crippen molar-refractivity contribution in [2.45, 2.75) is 24.7 Å². The zero-order valence-corrected chi connectivity index (χ0v) is 16.4. The number of amides is 2. The van der Waals surface area contributed by atoms with Gasteiger partial charge in [0.05, 0.1) is 22.1 Å². The van der Waals surface area contributed by atoms with E-state index in [1.807, 2.05) is 6.92 Å². The molecule has 1 atom stereocenters. The number of para-hydroxylation sites is 1. The van der Waals surface area contributed by atoms with Crippen LogP contribution in [0.25, 0.3) is 0 Å². The molecule has 1 aliphatic rings. The molecule has 1 heterocycles. The first-order valence-corrected chi connectivity index (χ1v) is 10.5. The molecule has 148 valence electrons. The zero-order chi connectivity index (χ0) is 20.3. The topological polar surface area (TPSA) is 110 Å². The Morgan fingerprint density at radius 3 is 2.46 bits per heavy atom. The van der Waals surface area contributed by atoms with Gasteiger partial charge in [-0.1, -0.05) is 29.8 Å². The summed E-state index contributed by atoms with van der Waals surface area (Å²) in [6, 6.07) is 13.1. The Hall–Kier alpha value is -2.71. The van der Waals surface area contributed by atoms with Crippen molar-refractivity contribution < 1.29 is 18.0 Å². The Bertz CT molecular complexity index is 987. The summed E-state index contributed by atoms with van der Waals surface area (Å²) >= 11 is 0. The van der Waals surface area contributed by atoms with Crippen molar-refractivity contribution in [1.29, 1.82) is 0 Å². The number of carbonyl (C=O) groups excluding carboxylic acids is 2. The summed E-state index contributed by atoms with van der Waals surface area (Å²) in [6.45, 7) is 2.36. The number of hydrogen-bond donors (Lipinski definition) is 2. The van der Waals surface area contributed by atoms with Crippen LogP contribution in [0, 0.1) is 12.8 Å². The highest BCUT2D eigenvalue weighted by atomic mass is 32.2. The van der Waals surface area contributed by atoms with E-state index in [4.69, 9.17) is 5.73 Å². The van der Waals surface area contributed by atoms with Crippen LogP contribution in [0.1, 0.15) is 28.8 Å². The summed E-state index contributed by atoms with van der Waals surface area (Å²) < 4.78 is 27.2. The number of nitrogens with zero attached hydrogens (tertiary/aromatic N) is 1. The van der Waals surface area contributed by atoms with E-state index in [9.17, 15) is 18.0 Å². The predicted octanol–water partition coefficient (Wildman–Crippen LogP) is 2.13. The first-order valence-electron chi connectivity index (χ1n) is 9.05. The normalized spacial score (nSPS) is 17.8. The molecule has 0 spiro atoms. The minimum Gasteiger partial charge on any atom is -0.366 e. The molecule has 0 aromatic heterocycles. The number of aryl methyl sites for hydroxylation is 1. The Morgan fingerprint density at radius 2 is 1.79 bits per heavy atom. The molecule has 0 radical (unpaired) electrons. The molecule has 7 nitrogen and oxygen atoms in total. The summed E-state index contributed by atoms with van der Waals surface area (Å²) in [6.07, 6.45) is 1.16. The van der Waals surface area contributed by atoms with Crippen molar-refractivity contribution >= 4 is 27.5 Å². The molecule has 1 aliphatic heterocycles. The van der Waals surface area contributed by atoms with Crippen LogP contribution in [0.5, 0.6) is 0 Å². The van der Waals surface area contributed by atoms with Gasteiger partial charge in [-0.15, -0.1) is 0 Å². The molecule has 0 saturated carbocycles. The number of primary amides is 1. The van der Waals surface area contributed by atoms with Crippen LogP contribution in [0.2, 0.25) is 0 Å². The number of benzene rings is 2. The van der Waals surface area contributed by atoms with Crippen LogP contribution in [0.4, 0.5) is 5.69 Å². The number of anilines is 1. The number of nitrogens with two attached hydrogens (primary N) is 1. The third kappa shape index (κ3) is 4.23. The minimum atomic E-state index is -3.66. The number of nitrogens with one attached hydrogen (secondary N) is 1. The lowest BCUT2D eigenvalue weighted by Crippen LogP contribution is -2.43. The Kier molecular flexibility index (Phi) is 5.81. The molecule has 8 heteroatoms. The van der Waals surface area contributed by atoms with Gasteiger partial charge in [0.1, 0.15) is 0 Å². The van der Waals surface area contributed by atoms with Crippen molar-refractivity contribution in [3.63, 3.8) is 0 Å². The quantitative estimate of drug-likeness (QED) is 0.800. The average molecular weight is 401 g/mol. The van der Waals surface area contributed by atoms with Crippen molar-refractivity contribution in [2.24, 2.45) is 11.7 Å². The minimum absolute atomic E-state index is 0.0980. The molecular weight excluding hydrogens is 378 g/mol. The Labute approximate surface area is 164 Å². The molecule has 1 unspecified atom stereocenters. The van der Waals surface area contributed by atoms with Gasteiger partial charge in [0.15, 0.2) is 0 Å². The van der Waals surface area contributed by atoms with Gasteiger partial charge in [-0.2, -0.15) is 4.31 Å². The fourth-order valence-electron chi connectivity index (χ4n) is 3.28. The monoisotopic (exact) mass is 401 g/mol. The number of piperidine rings is 1. The maximum Gasteiger partial charge on any atom is 0.250 e. The van der Waals surface area contributed by atoms with Gasteiger partial charge in [-0.25, -0.2) is 8.42 Å². The van der Waals surface area contributed by atoms with Crippen LogP contribution >= 0.6 is 0 Å². The van der Waals surface area contributed by atoms with E-state index in [-0.39, 0.29) is 22.9 Å². The highest BCUT2D eigenvalue weighted by molar-refractivity contribution is 7.89. The van der Waals surface area contributed by atoms with E-state index in [1.54, 1.807) is 42.5 Å². The summed E-state index contributed by atoms with van der Waals surface area (Å²) in [5.74, 6) is -1.46. The molecule has 0 aliphatic carbocycles. The molecule has 2 amide bonds. The van der Waals surface area contributed by atoms with Gasteiger partial charge < -0.3 is 11.1 Å². The summed E-state index contributed by atoms with van der Waals surface area (Å²) in [7, 11) is -3.66. The molecule has 3 N–H and O–H groups in total. The molecular formula is C20H23N3O4S. The maximum atomic E-state index is 12.9. The predicted molar refractivity (Wildman–Crippen MR) is 106 cm³/mol. The van der Waals surface area contributed by atoms with E-state index < -0.39 is 21.8 Å². The largest absolute Gasteiger partial charge is 0.366 e. The molecule has 28 heavy (non-hydrogen) atoms. The van der Waals surface area contributed by atoms with E-state index in [0.29, 0.717) is 25.1 Å². The van der Waals surface area contributed by atoms with Crippen LogP contribution < -0.4 is 11.1 Å². The SMILES string of the molecule is Cc1ccc(S(=O)(=O)N2CCCC(C(=O)Nc3ccccc3C(N)=O)C2)cc1. The van der Waals surface area contributed by atoms with Crippen molar-refractivity contribution in [3.05, 3.63) is 59.7 Å². The molecule has 1 fully saturated rings. The lowest BCUT2D eigenvalue weighted by Gasteiger charge is -2.31. The Balaban J connectivity index is 1.75. The van der Waals surface area contributed by atoms with Crippen molar-refractivity contribution in [2.75, 3.05) is 18.4 Å². The fraction of sp³-hybridized carbons (Fsp3) is 0.300. The average Bonchev–Trinajstić information content (AvgIpc) is 2.68. The third-order valence-corrected chi connectivity index (χ3v) is 6.74. The van der Waals surface area contributed by atoms with Gasteiger partial charge in [-0.3, -0.25) is 9.59 Å². The van der Waals surface area contributed by atoms with Crippen LogP contribution in [-0.4, -0.2) is 37.6 Å². The molecule has 1 saturated heterocycles. The van der Waals surface area contributed by atoms with Crippen LogP contribution in [0.15, 0.2) is 53.4 Å². The van der Waals surface area contributed by atoms with Gasteiger partial charge in [-0.05, 0) is 44.0 Å². The maximum absolute atomic E-state index is 12.9. The van der Waals surface area contributed by atoms with Gasteiger partial charge in [0.2, 0.25) is 15.9 Å². The highest BCUT2D eigenvalue weighted by Gasteiger charge is 2.33. The van der Waals surface area contributed by atoms with Gasteiger partial charge in [0.25, 0.3) is 5.91 Å². The van der Waals surface area contributed by atoms with E-state index >= 15 is 0 Å². The van der Waals surface area contributed by atoms with Gasteiger partial charge >= 0.3 is 0 Å². The smallest absolute Gasteiger partial charge is 0.250 e. The van der Waals surface area contributed by atoms with E-state index in [0.717, 1.165) is 5.56 Å². The molecule has 2 aromatic rings. The second kappa shape index (κ2) is 8.12. The third-order valence-electron chi connectivity index (χ3n) is 4.86. The zero-order valence-electron chi connectivity index (χ0n) is 15.6. The van der Waals surface area contributed by atoms with Crippen molar-refractivity contribution in [3.8, 4) is 0 Å². The standard InChI is InChI=1S/C20H23N3O4S/c1-14-8-10-16(11-9-14)28(26,27)23-12-4-5-15(13-23)20(25)22-18-7-3-2-6-17(18)19(21)24/h2-3,6-11,15H,4-5,12-13H2,1H3,(H2,21,24)(H,22,25). The first-order chi connectivity index (χ1) is 13.3. The number of sulfonamides is 1. The first kappa shape index (κ1) is 20.0. The number of hydrogen-bond acceptors (Lipinski definition) is 4. The number of rotatable bonds is 5. The van der Waals surface area contributed by atoms with Crippen LogP contribution in [0.3, 0.4) is 0 Å². The second-order valence-electron chi connectivity index (χ2n) is 6.91. The van der Waals surface area contributed by atoms with E-state index in [1.165, 1.54) is 10.4 Å². The number of carbonyl (C=O) groups is 2. The molecule has 0 bridgehead atoms. The molecule has 3 rings (SSSR count). The lowest BCUT2D eigenvalue weighted by molar-refractivity contribution is -0.120. The second-order valence-corrected chi connectivity index (χ2v) is 8.85. The van der Waals surface area contributed by atoms with E-state index in [2.05, 4.69) is 5.32 Å². The summed E-state index contributed by atoms with van der Waals surface area (Å²) in [5, 5.41) is 2.72. The summed E-state index contributed by atoms with van der Waals surface area (Å²) in [4.78, 5) is 24.5.